The number of carbonyl (C=O) groups excluding carboxylic acids is 2. The molecule has 40 heavy (non-hydrogen) atoms. The maximum absolute atomic E-state index is 15.4. The van der Waals surface area contributed by atoms with Crippen LogP contribution in [0.25, 0.3) is 0 Å². The molecule has 10 nitrogen and oxygen atoms in total. The molecular weight excluding hydrogens is 513 g/mol. The lowest BCUT2D eigenvalue weighted by atomic mass is 9.82. The van der Waals surface area contributed by atoms with Gasteiger partial charge in [0.2, 0.25) is 11.9 Å². The largest absolute Gasteiger partial charge is 0.492 e. The van der Waals surface area contributed by atoms with Gasteiger partial charge >= 0.3 is 0 Å². The molecule has 2 bridgehead atoms. The number of nitrogens with one attached hydrogen (secondary N) is 2. The minimum Gasteiger partial charge on any atom is -0.492 e. The molecular formula is C29H40FN7O3. The van der Waals surface area contributed by atoms with Crippen molar-refractivity contribution in [3.63, 3.8) is 0 Å². The Morgan fingerprint density at radius 3 is 2.60 bits per heavy atom. The van der Waals surface area contributed by atoms with E-state index in [9.17, 15) is 9.59 Å². The zero-order valence-electron chi connectivity index (χ0n) is 24.0. The van der Waals surface area contributed by atoms with Gasteiger partial charge in [0.1, 0.15) is 17.3 Å². The number of benzene rings is 1. The lowest BCUT2D eigenvalue weighted by Crippen LogP contribution is -2.55. The average molecular weight is 554 g/mol. The van der Waals surface area contributed by atoms with Gasteiger partial charge in [-0.2, -0.15) is 4.98 Å². The number of fused-ring (bicyclic) bond motifs is 3. The number of rotatable bonds is 7. The van der Waals surface area contributed by atoms with Crippen LogP contribution in [-0.2, 0) is 4.79 Å². The van der Waals surface area contributed by atoms with E-state index in [-0.39, 0.29) is 29.5 Å². The fourth-order valence-electron chi connectivity index (χ4n) is 6.22. The molecule has 2 fully saturated rings. The molecule has 3 aliphatic rings. The number of piperidine rings is 2. The van der Waals surface area contributed by atoms with Crippen LogP contribution in [0.2, 0.25) is 0 Å². The molecule has 2 saturated heterocycles. The molecule has 3 atom stereocenters. The van der Waals surface area contributed by atoms with Gasteiger partial charge in [0, 0.05) is 50.2 Å². The third kappa shape index (κ3) is 5.56. The number of nitrogens with zero attached hydrogens (tertiary/aromatic N) is 5. The molecule has 1 aromatic carbocycles. The highest BCUT2D eigenvalue weighted by atomic mass is 19.1. The van der Waals surface area contributed by atoms with Crippen molar-refractivity contribution in [1.29, 1.82) is 0 Å². The van der Waals surface area contributed by atoms with E-state index in [2.05, 4.69) is 32.5 Å². The van der Waals surface area contributed by atoms with Crippen LogP contribution < -0.4 is 25.2 Å². The molecule has 2 aromatic rings. The summed E-state index contributed by atoms with van der Waals surface area (Å²) in [6, 6.07) is 3.75. The van der Waals surface area contributed by atoms with Crippen molar-refractivity contribution >= 4 is 35.0 Å². The SMILES string of the molecule is CCOc1cc(C(=O)NC2C[C@H]3CCC[C@@H](C2)N3C)c(F)cc1Nc1ncc2c(n1)N(C(C)C)CCC(=O)N2C. The Morgan fingerprint density at radius 2 is 1.93 bits per heavy atom. The molecule has 4 heterocycles. The first-order valence-corrected chi connectivity index (χ1v) is 14.3. The quantitative estimate of drug-likeness (QED) is 0.529. The molecule has 1 aromatic heterocycles. The third-order valence-corrected chi connectivity index (χ3v) is 8.48. The number of aromatic nitrogens is 2. The van der Waals surface area contributed by atoms with Gasteiger partial charge in [-0.1, -0.05) is 6.42 Å². The first kappa shape index (κ1) is 28.1. The fraction of sp³-hybridized carbons (Fsp3) is 0.586. The Bertz CT molecular complexity index is 1260. The maximum atomic E-state index is 15.4. The average Bonchev–Trinajstić information content (AvgIpc) is 3.02. The van der Waals surface area contributed by atoms with Gasteiger partial charge in [0.15, 0.2) is 5.82 Å². The van der Waals surface area contributed by atoms with Crippen molar-refractivity contribution < 1.29 is 18.7 Å². The molecule has 0 saturated carbocycles. The molecule has 0 radical (unpaired) electrons. The number of carbonyl (C=O) groups is 2. The van der Waals surface area contributed by atoms with Crippen molar-refractivity contribution in [2.45, 2.75) is 83.5 Å². The zero-order chi connectivity index (χ0) is 28.6. The molecule has 0 spiro atoms. The summed E-state index contributed by atoms with van der Waals surface area (Å²) in [4.78, 5) is 40.9. The number of amides is 2. The Hall–Kier alpha value is -3.47. The number of hydrogen-bond acceptors (Lipinski definition) is 8. The third-order valence-electron chi connectivity index (χ3n) is 8.48. The van der Waals surface area contributed by atoms with E-state index in [1.54, 1.807) is 18.1 Å². The smallest absolute Gasteiger partial charge is 0.254 e. The number of ether oxygens (including phenoxy) is 1. The Labute approximate surface area is 235 Å². The van der Waals surface area contributed by atoms with Crippen molar-refractivity contribution in [2.24, 2.45) is 0 Å². The van der Waals surface area contributed by atoms with Gasteiger partial charge in [0.05, 0.1) is 24.1 Å². The first-order chi connectivity index (χ1) is 19.2. The second-order valence-corrected chi connectivity index (χ2v) is 11.3. The van der Waals surface area contributed by atoms with E-state index in [1.807, 2.05) is 20.8 Å². The molecule has 3 aliphatic heterocycles. The normalized spacial score (nSPS) is 23.1. The summed E-state index contributed by atoms with van der Waals surface area (Å²) < 4.78 is 21.2. The first-order valence-electron chi connectivity index (χ1n) is 14.3. The van der Waals surface area contributed by atoms with E-state index in [0.717, 1.165) is 25.7 Å². The van der Waals surface area contributed by atoms with Crippen molar-refractivity contribution in [2.75, 3.05) is 42.4 Å². The Morgan fingerprint density at radius 1 is 1.20 bits per heavy atom. The van der Waals surface area contributed by atoms with E-state index in [1.165, 1.54) is 18.6 Å². The molecule has 2 amide bonds. The van der Waals surface area contributed by atoms with Crippen molar-refractivity contribution in [1.82, 2.24) is 20.2 Å². The predicted molar refractivity (Wildman–Crippen MR) is 153 cm³/mol. The Balaban J connectivity index is 1.38. The predicted octanol–water partition coefficient (Wildman–Crippen LogP) is 4.08. The van der Waals surface area contributed by atoms with Gasteiger partial charge < -0.3 is 30.1 Å². The van der Waals surface area contributed by atoms with Gasteiger partial charge in [-0.15, -0.1) is 0 Å². The van der Waals surface area contributed by atoms with E-state index in [4.69, 9.17) is 9.72 Å². The Kier molecular flexibility index (Phi) is 8.11. The van der Waals surface area contributed by atoms with Gasteiger partial charge in [0.25, 0.3) is 5.91 Å². The highest BCUT2D eigenvalue weighted by Gasteiger charge is 2.37. The van der Waals surface area contributed by atoms with E-state index < -0.39 is 11.7 Å². The summed E-state index contributed by atoms with van der Waals surface area (Å²) in [5.41, 5.74) is 0.883. The second kappa shape index (κ2) is 11.6. The summed E-state index contributed by atoms with van der Waals surface area (Å²) in [7, 11) is 3.88. The monoisotopic (exact) mass is 553 g/mol. The molecule has 1 unspecified atom stereocenters. The minimum absolute atomic E-state index is 0.00766. The van der Waals surface area contributed by atoms with Gasteiger partial charge in [-0.3, -0.25) is 9.59 Å². The van der Waals surface area contributed by atoms with Crippen LogP contribution in [0, 0.1) is 5.82 Å². The molecule has 0 aliphatic carbocycles. The summed E-state index contributed by atoms with van der Waals surface area (Å²) in [5.74, 6) is 0.105. The zero-order valence-corrected chi connectivity index (χ0v) is 24.0. The van der Waals surface area contributed by atoms with Gasteiger partial charge in [-0.05, 0) is 59.6 Å². The van der Waals surface area contributed by atoms with Gasteiger partial charge in [-0.25, -0.2) is 9.37 Å². The summed E-state index contributed by atoms with van der Waals surface area (Å²) >= 11 is 0. The van der Waals surface area contributed by atoms with E-state index >= 15 is 4.39 Å². The summed E-state index contributed by atoms with van der Waals surface area (Å²) in [6.45, 7) is 6.78. The minimum atomic E-state index is -0.652. The van der Waals surface area contributed by atoms with Crippen LogP contribution in [0.3, 0.4) is 0 Å². The lowest BCUT2D eigenvalue weighted by molar-refractivity contribution is -0.118. The molecule has 216 valence electrons. The second-order valence-electron chi connectivity index (χ2n) is 11.3. The topological polar surface area (TPSA) is 103 Å². The molecule has 2 N–H and O–H groups in total. The molecule has 5 rings (SSSR count). The number of halogens is 1. The van der Waals surface area contributed by atoms with E-state index in [0.29, 0.717) is 54.6 Å². The van der Waals surface area contributed by atoms with Crippen molar-refractivity contribution in [3.05, 3.63) is 29.7 Å². The standard InChI is InChI=1S/C29H40FN7O3/c1-6-40-25-14-21(28(39)32-18-12-19-8-7-9-20(13-18)35(19)4)22(30)15-23(25)33-29-31-16-24-27(34-29)37(17(2)3)11-10-26(38)36(24)5/h14-20H,6-13H2,1-5H3,(H,32,39)(H,31,33,34)/t18?,19-,20+. The summed E-state index contributed by atoms with van der Waals surface area (Å²) in [5, 5.41) is 6.16. The summed E-state index contributed by atoms with van der Waals surface area (Å²) in [6.07, 6.45) is 7.21. The lowest BCUT2D eigenvalue weighted by Gasteiger charge is -2.47. The van der Waals surface area contributed by atoms with Crippen LogP contribution in [0.1, 0.15) is 69.7 Å². The van der Waals surface area contributed by atoms with Crippen LogP contribution in [-0.4, -0.2) is 78.1 Å². The number of anilines is 4. The maximum Gasteiger partial charge on any atom is 0.254 e. The molecule has 11 heteroatoms. The van der Waals surface area contributed by atoms with Crippen molar-refractivity contribution in [3.8, 4) is 5.75 Å². The van der Waals surface area contributed by atoms with Crippen LogP contribution >= 0.6 is 0 Å². The highest BCUT2D eigenvalue weighted by Crippen LogP contribution is 2.36. The fourth-order valence-corrected chi connectivity index (χ4v) is 6.22. The van der Waals surface area contributed by atoms with Crippen LogP contribution in [0.15, 0.2) is 18.3 Å². The highest BCUT2D eigenvalue weighted by molar-refractivity contribution is 5.97. The van der Waals surface area contributed by atoms with Crippen LogP contribution in [0.5, 0.6) is 5.75 Å². The number of hydrogen-bond donors (Lipinski definition) is 2. The van der Waals surface area contributed by atoms with Crippen LogP contribution in [0.4, 0.5) is 27.5 Å².